The molecule has 0 saturated carbocycles. The molecule has 1 fully saturated rings. The zero-order valence-corrected chi connectivity index (χ0v) is 31.5. The number of ether oxygens (including phenoxy) is 2. The Hall–Kier alpha value is -3.90. The van der Waals surface area contributed by atoms with Crippen molar-refractivity contribution in [2.75, 3.05) is 33.4 Å². The molecule has 0 spiro atoms. The molecule has 1 aliphatic heterocycles. The van der Waals surface area contributed by atoms with Crippen molar-refractivity contribution >= 4 is 11.8 Å². The van der Waals surface area contributed by atoms with Crippen LogP contribution in [0.1, 0.15) is 97.5 Å². The Morgan fingerprint density at radius 2 is 1.69 bits per heavy atom. The highest BCUT2D eigenvalue weighted by molar-refractivity contribution is 5.83. The van der Waals surface area contributed by atoms with Crippen LogP contribution >= 0.6 is 0 Å². The van der Waals surface area contributed by atoms with Gasteiger partial charge in [-0.25, -0.2) is 9.07 Å². The van der Waals surface area contributed by atoms with Gasteiger partial charge in [0.05, 0.1) is 30.4 Å². The summed E-state index contributed by atoms with van der Waals surface area (Å²) in [4.78, 5) is 42.8. The van der Waals surface area contributed by atoms with Crippen LogP contribution in [0.15, 0.2) is 35.1 Å². The fourth-order valence-corrected chi connectivity index (χ4v) is 7.02. The number of halogens is 4. The Bertz CT molecular complexity index is 1790. The van der Waals surface area contributed by atoms with Gasteiger partial charge < -0.3 is 9.47 Å². The van der Waals surface area contributed by atoms with Gasteiger partial charge in [-0.15, -0.1) is 0 Å². The maximum absolute atomic E-state index is 16.0. The minimum absolute atomic E-state index is 0.0177. The predicted molar refractivity (Wildman–Crippen MR) is 192 cm³/mol. The summed E-state index contributed by atoms with van der Waals surface area (Å²) < 4.78 is 70.9. The van der Waals surface area contributed by atoms with Gasteiger partial charge in [-0.05, 0) is 105 Å². The molecular formula is C40H51F4N3O5. The van der Waals surface area contributed by atoms with Crippen LogP contribution in [0.2, 0.25) is 0 Å². The highest BCUT2D eigenvalue weighted by atomic mass is 19.4. The van der Waals surface area contributed by atoms with Crippen molar-refractivity contribution in [2.45, 2.75) is 105 Å². The molecule has 3 aromatic rings. The van der Waals surface area contributed by atoms with Crippen LogP contribution in [-0.4, -0.2) is 65.9 Å². The van der Waals surface area contributed by atoms with Gasteiger partial charge >= 0.3 is 12.1 Å². The third-order valence-electron chi connectivity index (χ3n) is 10.1. The van der Waals surface area contributed by atoms with Crippen LogP contribution in [0.4, 0.5) is 17.6 Å². The average Bonchev–Trinajstić information content (AvgIpc) is 3.04. The quantitative estimate of drug-likeness (QED) is 0.110. The number of likely N-dealkylation sites (tertiary alicyclic amines) is 1. The molecule has 0 N–H and O–H groups in total. The average molecular weight is 730 g/mol. The van der Waals surface area contributed by atoms with Gasteiger partial charge in [-0.3, -0.25) is 19.3 Å². The Balaban J connectivity index is 1.73. The number of rotatable bonds is 16. The number of ketones is 1. The number of Topliss-reactive ketones (excluding diaryl/α,β-unsaturated/α-hetero) is 1. The molecule has 0 amide bonds. The van der Waals surface area contributed by atoms with E-state index >= 15 is 4.39 Å². The largest absolute Gasteiger partial charge is 0.466 e. The molecule has 1 saturated heterocycles. The Labute approximate surface area is 303 Å². The smallest absolute Gasteiger partial charge is 0.419 e. The Morgan fingerprint density at radius 1 is 1.04 bits per heavy atom. The summed E-state index contributed by atoms with van der Waals surface area (Å²) in [5.74, 6) is -3.73. The van der Waals surface area contributed by atoms with Crippen molar-refractivity contribution in [1.29, 1.82) is 0 Å². The van der Waals surface area contributed by atoms with Gasteiger partial charge in [0.15, 0.2) is 5.78 Å². The number of hydrogen-bond acceptors (Lipinski definition) is 7. The SMILES string of the molecule is CCOC(=O)C[C@H](CCC(=O)[C@H](CC(C)C)n1nc(CCN2CC(OC)C2)c(C)c(C)c1=O)c1cc(-c2c(C)cccc2C)cc(C(F)(F)F)c1F. The number of esters is 1. The summed E-state index contributed by atoms with van der Waals surface area (Å²) in [6, 6.07) is 6.50. The number of aromatic nitrogens is 2. The lowest BCUT2D eigenvalue weighted by atomic mass is 9.84. The fourth-order valence-electron chi connectivity index (χ4n) is 7.02. The minimum Gasteiger partial charge on any atom is -0.466 e. The molecule has 0 unspecified atom stereocenters. The van der Waals surface area contributed by atoms with E-state index in [0.717, 1.165) is 24.7 Å². The van der Waals surface area contributed by atoms with E-state index in [1.54, 1.807) is 53.0 Å². The molecule has 4 rings (SSSR count). The Morgan fingerprint density at radius 3 is 2.27 bits per heavy atom. The number of carbonyl (C=O) groups excluding carboxylic acids is 2. The van der Waals surface area contributed by atoms with Gasteiger partial charge in [-0.2, -0.15) is 18.3 Å². The van der Waals surface area contributed by atoms with Crippen molar-refractivity contribution in [1.82, 2.24) is 14.7 Å². The number of benzene rings is 2. The molecule has 0 radical (unpaired) electrons. The predicted octanol–water partition coefficient (Wildman–Crippen LogP) is 7.85. The molecule has 2 atom stereocenters. The van der Waals surface area contributed by atoms with Crippen molar-refractivity contribution in [3.8, 4) is 11.1 Å². The number of hydrogen-bond donors (Lipinski definition) is 0. The van der Waals surface area contributed by atoms with Crippen molar-refractivity contribution in [3.05, 3.63) is 85.6 Å². The number of carbonyl (C=O) groups is 2. The lowest BCUT2D eigenvalue weighted by Gasteiger charge is -2.38. The molecule has 2 aromatic carbocycles. The van der Waals surface area contributed by atoms with E-state index in [-0.39, 0.29) is 54.8 Å². The van der Waals surface area contributed by atoms with Gasteiger partial charge in [0.25, 0.3) is 5.56 Å². The second kappa shape index (κ2) is 17.3. The molecule has 1 aliphatic rings. The van der Waals surface area contributed by atoms with E-state index in [1.165, 1.54) is 10.7 Å². The second-order valence-electron chi connectivity index (χ2n) is 14.4. The molecule has 52 heavy (non-hydrogen) atoms. The number of methoxy groups -OCH3 is 1. The first-order chi connectivity index (χ1) is 24.5. The molecule has 0 aliphatic carbocycles. The van der Waals surface area contributed by atoms with Crippen molar-refractivity contribution in [3.63, 3.8) is 0 Å². The van der Waals surface area contributed by atoms with Crippen LogP contribution in [0.3, 0.4) is 0 Å². The first-order valence-electron chi connectivity index (χ1n) is 18.0. The van der Waals surface area contributed by atoms with Crippen LogP contribution in [0.5, 0.6) is 0 Å². The molecular weight excluding hydrogens is 678 g/mol. The molecule has 2 heterocycles. The zero-order chi connectivity index (χ0) is 38.5. The lowest BCUT2D eigenvalue weighted by Crippen LogP contribution is -2.52. The zero-order valence-electron chi connectivity index (χ0n) is 31.5. The van der Waals surface area contributed by atoms with E-state index < -0.39 is 47.5 Å². The standard InChI is InChI=1S/C40H51F4N3O5/c1-9-52-36(49)20-28(31-18-29(19-32(38(31)41)40(42,43)44)37-24(4)11-10-12-25(37)5)13-14-35(48)34(17-23(2)3)47-39(50)27(7)26(6)33(45-47)15-16-46-21-30(22-46)51-8/h10-12,18-19,23,28,30,34H,9,13-17,20-22H2,1-8H3/t28-,34-/m0/s1. The summed E-state index contributed by atoms with van der Waals surface area (Å²) in [6.07, 6.45) is -4.82. The number of alkyl halides is 3. The molecule has 12 heteroatoms. The van der Waals surface area contributed by atoms with E-state index in [2.05, 4.69) is 4.90 Å². The second-order valence-corrected chi connectivity index (χ2v) is 14.4. The molecule has 1 aromatic heterocycles. The van der Waals surface area contributed by atoms with Gasteiger partial charge in [-0.1, -0.05) is 32.0 Å². The van der Waals surface area contributed by atoms with Crippen LogP contribution in [-0.2, 0) is 31.7 Å². The molecule has 8 nitrogen and oxygen atoms in total. The van der Waals surface area contributed by atoms with Crippen LogP contribution < -0.4 is 5.56 Å². The normalized spacial score (nSPS) is 15.1. The summed E-state index contributed by atoms with van der Waals surface area (Å²) in [6.45, 7) is 14.8. The lowest BCUT2D eigenvalue weighted by molar-refractivity contribution is -0.143. The number of aryl methyl sites for hydroxylation is 2. The minimum atomic E-state index is -5.02. The van der Waals surface area contributed by atoms with Crippen molar-refractivity contribution < 1.29 is 36.6 Å². The summed E-state index contributed by atoms with van der Waals surface area (Å²) >= 11 is 0. The number of nitrogens with zero attached hydrogens (tertiary/aromatic N) is 3. The van der Waals surface area contributed by atoms with E-state index in [9.17, 15) is 27.6 Å². The maximum Gasteiger partial charge on any atom is 0.419 e. The van der Waals surface area contributed by atoms with E-state index in [4.69, 9.17) is 14.6 Å². The van der Waals surface area contributed by atoms with Crippen LogP contribution in [0.25, 0.3) is 11.1 Å². The van der Waals surface area contributed by atoms with E-state index in [0.29, 0.717) is 40.9 Å². The monoisotopic (exact) mass is 729 g/mol. The third kappa shape index (κ3) is 9.55. The first kappa shape index (κ1) is 40.9. The van der Waals surface area contributed by atoms with Crippen molar-refractivity contribution in [2.24, 2.45) is 5.92 Å². The topological polar surface area (TPSA) is 90.7 Å². The summed E-state index contributed by atoms with van der Waals surface area (Å²) in [5, 5.41) is 4.72. The van der Waals surface area contributed by atoms with Gasteiger partial charge in [0, 0.05) is 45.1 Å². The maximum atomic E-state index is 16.0. The molecule has 0 bridgehead atoms. The van der Waals surface area contributed by atoms with E-state index in [1.807, 2.05) is 20.8 Å². The first-order valence-corrected chi connectivity index (χ1v) is 18.0. The van der Waals surface area contributed by atoms with Gasteiger partial charge in [0.1, 0.15) is 11.9 Å². The highest BCUT2D eigenvalue weighted by Crippen LogP contribution is 2.41. The van der Waals surface area contributed by atoms with Gasteiger partial charge in [0.2, 0.25) is 0 Å². The summed E-state index contributed by atoms with van der Waals surface area (Å²) in [7, 11) is 1.68. The summed E-state index contributed by atoms with van der Waals surface area (Å²) in [5.41, 5.74) is 1.87. The third-order valence-corrected chi connectivity index (χ3v) is 10.1. The highest BCUT2D eigenvalue weighted by Gasteiger charge is 2.38. The van der Waals surface area contributed by atoms with Crippen LogP contribution in [0, 0.1) is 39.4 Å². The molecule has 284 valence electrons. The fraction of sp³-hybridized carbons (Fsp3) is 0.550. The Kier molecular flexibility index (Phi) is 13.6.